The van der Waals surface area contributed by atoms with E-state index >= 15 is 0 Å². The maximum atomic E-state index is 5.68. The van der Waals surface area contributed by atoms with Gasteiger partial charge in [-0.25, -0.2) is 0 Å². The van der Waals surface area contributed by atoms with Crippen molar-refractivity contribution in [2.45, 2.75) is 78.1 Å². The molecule has 1 fully saturated rings. The molecule has 122 valence electrons. The largest absolute Gasteiger partial charge is 0.496 e. The second kappa shape index (κ2) is 5.28. The van der Waals surface area contributed by atoms with Crippen molar-refractivity contribution in [1.29, 1.82) is 0 Å². The van der Waals surface area contributed by atoms with Crippen molar-refractivity contribution in [3.05, 3.63) is 28.8 Å². The summed E-state index contributed by atoms with van der Waals surface area (Å²) < 4.78 is 5.68. The first-order chi connectivity index (χ1) is 10.3. The van der Waals surface area contributed by atoms with E-state index < -0.39 is 0 Å². The Morgan fingerprint density at radius 1 is 1.14 bits per heavy atom. The predicted molar refractivity (Wildman–Crippen MR) is 93.9 cm³/mol. The van der Waals surface area contributed by atoms with E-state index in [1.54, 1.807) is 5.56 Å². The highest BCUT2D eigenvalue weighted by molar-refractivity contribution is 5.49. The molecule has 1 saturated carbocycles. The molecule has 0 heterocycles. The fraction of sp³-hybridized carbons (Fsp3) is 0.714. The maximum Gasteiger partial charge on any atom is 0.122 e. The molecule has 2 atom stereocenters. The third-order valence-corrected chi connectivity index (χ3v) is 6.62. The second-order valence-corrected chi connectivity index (χ2v) is 8.76. The molecule has 0 radical (unpaired) electrons. The number of methoxy groups -OCH3 is 1. The highest BCUT2D eigenvalue weighted by Crippen LogP contribution is 2.57. The van der Waals surface area contributed by atoms with Gasteiger partial charge in [0.05, 0.1) is 7.11 Å². The number of fused-ring (bicyclic) bond motifs is 3. The Balaban J connectivity index is 2.15. The van der Waals surface area contributed by atoms with Crippen molar-refractivity contribution in [1.82, 2.24) is 0 Å². The van der Waals surface area contributed by atoms with Gasteiger partial charge in [0.15, 0.2) is 0 Å². The van der Waals surface area contributed by atoms with Crippen molar-refractivity contribution in [3.63, 3.8) is 0 Å². The molecular formula is C21H32O. The standard InChI is InChI=1S/C21H32O/c1-14(2)16-13-17-15(12-18(16)22-6)8-9-19-20(3,4)10-7-11-21(17,19)5/h12-14,19H,7-11H2,1-6H3/t19-,21-/m0/s1. The van der Waals surface area contributed by atoms with Gasteiger partial charge in [0.2, 0.25) is 0 Å². The van der Waals surface area contributed by atoms with Crippen LogP contribution >= 0.6 is 0 Å². The van der Waals surface area contributed by atoms with Crippen LogP contribution in [0.5, 0.6) is 5.75 Å². The van der Waals surface area contributed by atoms with Gasteiger partial charge < -0.3 is 4.74 Å². The molecule has 0 N–H and O–H groups in total. The number of benzene rings is 1. The minimum atomic E-state index is 0.352. The van der Waals surface area contributed by atoms with Crippen LogP contribution in [0.25, 0.3) is 0 Å². The third kappa shape index (κ3) is 2.28. The highest BCUT2D eigenvalue weighted by Gasteiger charge is 2.49. The molecule has 0 aliphatic heterocycles. The molecule has 0 unspecified atom stereocenters. The average molecular weight is 300 g/mol. The Hall–Kier alpha value is -0.980. The number of hydrogen-bond donors (Lipinski definition) is 0. The maximum absolute atomic E-state index is 5.68. The Morgan fingerprint density at radius 2 is 1.86 bits per heavy atom. The predicted octanol–water partition coefficient (Wildman–Crippen LogP) is 5.85. The van der Waals surface area contributed by atoms with Crippen LogP contribution in [0, 0.1) is 11.3 Å². The number of hydrogen-bond acceptors (Lipinski definition) is 1. The van der Waals surface area contributed by atoms with E-state index in [9.17, 15) is 0 Å². The van der Waals surface area contributed by atoms with E-state index in [1.165, 1.54) is 43.2 Å². The first-order valence-corrected chi connectivity index (χ1v) is 9.01. The van der Waals surface area contributed by atoms with Gasteiger partial charge in [0, 0.05) is 0 Å². The lowest BCUT2D eigenvalue weighted by molar-refractivity contribution is 0.0406. The molecule has 22 heavy (non-hydrogen) atoms. The topological polar surface area (TPSA) is 9.23 Å². The summed E-state index contributed by atoms with van der Waals surface area (Å²) in [7, 11) is 1.81. The number of aryl methyl sites for hydroxylation is 1. The van der Waals surface area contributed by atoms with Gasteiger partial charge in [-0.3, -0.25) is 0 Å². The van der Waals surface area contributed by atoms with Crippen LogP contribution in [0.2, 0.25) is 0 Å². The van der Waals surface area contributed by atoms with Crippen LogP contribution in [0.15, 0.2) is 12.1 Å². The van der Waals surface area contributed by atoms with Gasteiger partial charge >= 0.3 is 0 Å². The smallest absolute Gasteiger partial charge is 0.122 e. The second-order valence-electron chi connectivity index (χ2n) is 8.76. The summed E-state index contributed by atoms with van der Waals surface area (Å²) >= 11 is 0. The highest BCUT2D eigenvalue weighted by atomic mass is 16.5. The molecule has 1 aromatic rings. The molecule has 1 heteroatoms. The molecule has 3 rings (SSSR count). The van der Waals surface area contributed by atoms with E-state index in [0.29, 0.717) is 16.7 Å². The first kappa shape index (κ1) is 15.9. The fourth-order valence-electron chi connectivity index (χ4n) is 5.46. The van der Waals surface area contributed by atoms with Gasteiger partial charge in [-0.2, -0.15) is 0 Å². The summed E-state index contributed by atoms with van der Waals surface area (Å²) in [5.74, 6) is 2.42. The fourth-order valence-corrected chi connectivity index (χ4v) is 5.46. The van der Waals surface area contributed by atoms with Crippen molar-refractivity contribution in [3.8, 4) is 5.75 Å². The zero-order valence-corrected chi connectivity index (χ0v) is 15.3. The molecular weight excluding hydrogens is 268 g/mol. The van der Waals surface area contributed by atoms with E-state index in [-0.39, 0.29) is 0 Å². The summed E-state index contributed by atoms with van der Waals surface area (Å²) in [6.07, 6.45) is 6.64. The molecule has 0 aromatic heterocycles. The summed E-state index contributed by atoms with van der Waals surface area (Å²) in [6, 6.07) is 4.83. The minimum Gasteiger partial charge on any atom is -0.496 e. The summed E-state index contributed by atoms with van der Waals surface area (Å²) in [4.78, 5) is 0. The van der Waals surface area contributed by atoms with Crippen LogP contribution < -0.4 is 4.74 Å². The van der Waals surface area contributed by atoms with Crippen LogP contribution in [-0.2, 0) is 11.8 Å². The van der Waals surface area contributed by atoms with Crippen LogP contribution in [0.3, 0.4) is 0 Å². The van der Waals surface area contributed by atoms with Crippen molar-refractivity contribution >= 4 is 0 Å². The molecule has 1 nitrogen and oxygen atoms in total. The minimum absolute atomic E-state index is 0.352. The first-order valence-electron chi connectivity index (χ1n) is 9.01. The Labute approximate surface area is 136 Å². The molecule has 2 aliphatic carbocycles. The Morgan fingerprint density at radius 3 is 2.50 bits per heavy atom. The van der Waals surface area contributed by atoms with Crippen LogP contribution in [0.4, 0.5) is 0 Å². The van der Waals surface area contributed by atoms with Crippen molar-refractivity contribution in [2.75, 3.05) is 7.11 Å². The van der Waals surface area contributed by atoms with Crippen LogP contribution in [0.1, 0.15) is 82.9 Å². The van der Waals surface area contributed by atoms with Gasteiger partial charge in [-0.1, -0.05) is 47.1 Å². The van der Waals surface area contributed by atoms with Gasteiger partial charge in [-0.05, 0) is 71.1 Å². The van der Waals surface area contributed by atoms with E-state index in [2.05, 4.69) is 46.8 Å². The van der Waals surface area contributed by atoms with Crippen LogP contribution in [-0.4, -0.2) is 7.11 Å². The third-order valence-electron chi connectivity index (χ3n) is 6.62. The number of rotatable bonds is 2. The quantitative estimate of drug-likeness (QED) is 0.666. The SMILES string of the molecule is COc1cc2c(cc1C(C)C)[C@]1(C)CCCC(C)(C)[C@@H]1CC2. The van der Waals surface area contributed by atoms with Crippen molar-refractivity contribution < 1.29 is 4.74 Å². The normalized spacial score (nSPS) is 29.9. The van der Waals surface area contributed by atoms with E-state index in [0.717, 1.165) is 11.7 Å². The van der Waals surface area contributed by atoms with E-state index in [1.807, 2.05) is 7.11 Å². The molecule has 0 amide bonds. The zero-order valence-electron chi connectivity index (χ0n) is 15.3. The lowest BCUT2D eigenvalue weighted by Crippen LogP contribution is -2.47. The summed E-state index contributed by atoms with van der Waals surface area (Å²) in [5.41, 5.74) is 5.37. The molecule has 0 spiro atoms. The Kier molecular flexibility index (Phi) is 3.82. The lowest BCUT2D eigenvalue weighted by Gasteiger charge is -2.54. The van der Waals surface area contributed by atoms with E-state index in [4.69, 9.17) is 4.74 Å². The summed E-state index contributed by atoms with van der Waals surface area (Å²) in [5, 5.41) is 0. The Bertz CT molecular complexity index is 570. The summed E-state index contributed by atoms with van der Waals surface area (Å²) in [6.45, 7) is 12.1. The molecule has 0 saturated heterocycles. The average Bonchev–Trinajstić information content (AvgIpc) is 2.44. The molecule has 1 aromatic carbocycles. The van der Waals surface area contributed by atoms with Crippen molar-refractivity contribution in [2.24, 2.45) is 11.3 Å². The zero-order chi connectivity index (χ0) is 16.1. The monoisotopic (exact) mass is 300 g/mol. The molecule has 2 aliphatic rings. The van der Waals surface area contributed by atoms with Gasteiger partial charge in [0.25, 0.3) is 0 Å². The number of ether oxygens (including phenoxy) is 1. The molecule has 0 bridgehead atoms. The van der Waals surface area contributed by atoms with Gasteiger partial charge in [-0.15, -0.1) is 0 Å². The van der Waals surface area contributed by atoms with Gasteiger partial charge in [0.1, 0.15) is 5.75 Å². The lowest BCUT2D eigenvalue weighted by atomic mass is 9.50.